The fraction of sp³-hybridized carbons (Fsp3) is 1.00. The van der Waals surface area contributed by atoms with Crippen LogP contribution < -0.4 is 5.73 Å². The zero-order valence-electron chi connectivity index (χ0n) is 6.77. The lowest BCUT2D eigenvalue weighted by Gasteiger charge is -2.39. The SMILES string of the molecule is NCCC1CN(CC(F)(F)F)C1. The van der Waals surface area contributed by atoms with Gasteiger partial charge in [0.25, 0.3) is 0 Å². The summed E-state index contributed by atoms with van der Waals surface area (Å²) in [4.78, 5) is 1.40. The smallest absolute Gasteiger partial charge is 0.330 e. The molecule has 1 aliphatic rings. The second-order valence-electron chi connectivity index (χ2n) is 3.25. The van der Waals surface area contributed by atoms with Gasteiger partial charge in [-0.2, -0.15) is 13.2 Å². The number of alkyl halides is 3. The third-order valence-corrected chi connectivity index (χ3v) is 2.01. The Labute approximate surface area is 69.5 Å². The van der Waals surface area contributed by atoms with Crippen molar-refractivity contribution < 1.29 is 13.2 Å². The van der Waals surface area contributed by atoms with Gasteiger partial charge in [0.05, 0.1) is 6.54 Å². The van der Waals surface area contributed by atoms with Gasteiger partial charge in [-0.05, 0) is 18.9 Å². The second-order valence-corrected chi connectivity index (χ2v) is 3.25. The quantitative estimate of drug-likeness (QED) is 0.700. The number of nitrogens with two attached hydrogens (primary N) is 1. The first-order valence-corrected chi connectivity index (χ1v) is 4.00. The molecule has 1 saturated heterocycles. The predicted molar refractivity (Wildman–Crippen MR) is 39.7 cm³/mol. The molecule has 0 radical (unpaired) electrons. The number of nitrogens with zero attached hydrogens (tertiary/aromatic N) is 1. The first-order valence-electron chi connectivity index (χ1n) is 4.00. The van der Waals surface area contributed by atoms with E-state index in [4.69, 9.17) is 5.73 Å². The summed E-state index contributed by atoms with van der Waals surface area (Å²) in [5, 5.41) is 0. The fourth-order valence-corrected chi connectivity index (χ4v) is 1.48. The van der Waals surface area contributed by atoms with E-state index in [0.29, 0.717) is 25.6 Å². The van der Waals surface area contributed by atoms with E-state index >= 15 is 0 Å². The van der Waals surface area contributed by atoms with Crippen LogP contribution in [0.4, 0.5) is 13.2 Å². The minimum Gasteiger partial charge on any atom is -0.330 e. The lowest BCUT2D eigenvalue weighted by atomic mass is 9.96. The monoisotopic (exact) mass is 182 g/mol. The molecule has 0 amide bonds. The summed E-state index contributed by atoms with van der Waals surface area (Å²) < 4.78 is 35.3. The van der Waals surface area contributed by atoms with E-state index in [2.05, 4.69) is 0 Å². The Morgan fingerprint density at radius 2 is 1.92 bits per heavy atom. The van der Waals surface area contributed by atoms with Gasteiger partial charge >= 0.3 is 6.18 Å². The summed E-state index contributed by atoms with van der Waals surface area (Å²) in [5.41, 5.74) is 5.27. The first-order chi connectivity index (χ1) is 5.51. The van der Waals surface area contributed by atoms with Crippen molar-refractivity contribution in [1.82, 2.24) is 4.90 Å². The lowest BCUT2D eigenvalue weighted by molar-refractivity contribution is -0.158. The van der Waals surface area contributed by atoms with Crippen LogP contribution in [0.3, 0.4) is 0 Å². The molecule has 2 nitrogen and oxygen atoms in total. The zero-order valence-corrected chi connectivity index (χ0v) is 6.77. The summed E-state index contributed by atoms with van der Waals surface area (Å²) in [6, 6.07) is 0. The van der Waals surface area contributed by atoms with Crippen LogP contribution in [0.15, 0.2) is 0 Å². The van der Waals surface area contributed by atoms with Crippen LogP contribution in [0.2, 0.25) is 0 Å². The van der Waals surface area contributed by atoms with Gasteiger partial charge in [-0.15, -0.1) is 0 Å². The molecule has 0 aliphatic carbocycles. The van der Waals surface area contributed by atoms with Crippen molar-refractivity contribution in [2.75, 3.05) is 26.2 Å². The third-order valence-electron chi connectivity index (χ3n) is 2.01. The molecule has 0 saturated carbocycles. The van der Waals surface area contributed by atoms with Crippen molar-refractivity contribution in [1.29, 1.82) is 0 Å². The highest BCUT2D eigenvalue weighted by Crippen LogP contribution is 2.24. The van der Waals surface area contributed by atoms with Crippen molar-refractivity contribution in [2.45, 2.75) is 12.6 Å². The van der Waals surface area contributed by atoms with Crippen LogP contribution in [0, 0.1) is 5.92 Å². The Morgan fingerprint density at radius 3 is 2.33 bits per heavy atom. The molecule has 0 atom stereocenters. The molecule has 0 unspecified atom stereocenters. The predicted octanol–water partition coefficient (Wildman–Crippen LogP) is 0.829. The van der Waals surface area contributed by atoms with E-state index in [1.165, 1.54) is 4.90 Å². The highest BCUT2D eigenvalue weighted by molar-refractivity contribution is 4.81. The van der Waals surface area contributed by atoms with Gasteiger partial charge in [0.15, 0.2) is 0 Å². The molecule has 5 heteroatoms. The maximum atomic E-state index is 11.8. The van der Waals surface area contributed by atoms with Gasteiger partial charge in [-0.3, -0.25) is 4.90 Å². The molecular weight excluding hydrogens is 169 g/mol. The van der Waals surface area contributed by atoms with Crippen LogP contribution in [0.25, 0.3) is 0 Å². The maximum Gasteiger partial charge on any atom is 0.401 e. The second kappa shape index (κ2) is 3.62. The van der Waals surface area contributed by atoms with E-state index in [9.17, 15) is 13.2 Å². The molecular formula is C7H13F3N2. The molecule has 2 N–H and O–H groups in total. The normalized spacial score (nSPS) is 21.0. The Kier molecular flexibility index (Phi) is 2.95. The largest absolute Gasteiger partial charge is 0.401 e. The summed E-state index contributed by atoms with van der Waals surface area (Å²) in [6.07, 6.45) is -3.21. The van der Waals surface area contributed by atoms with Crippen molar-refractivity contribution in [3.05, 3.63) is 0 Å². The molecule has 1 heterocycles. The molecule has 0 bridgehead atoms. The van der Waals surface area contributed by atoms with E-state index in [-0.39, 0.29) is 0 Å². The van der Waals surface area contributed by atoms with Crippen LogP contribution in [-0.2, 0) is 0 Å². The maximum absolute atomic E-state index is 11.8. The minimum absolute atomic E-state index is 0.386. The van der Waals surface area contributed by atoms with Gasteiger partial charge in [-0.25, -0.2) is 0 Å². The summed E-state index contributed by atoms with van der Waals surface area (Å²) in [7, 11) is 0. The number of likely N-dealkylation sites (tertiary alicyclic amines) is 1. The Bertz CT molecular complexity index is 140. The highest BCUT2D eigenvalue weighted by atomic mass is 19.4. The van der Waals surface area contributed by atoms with Crippen LogP contribution >= 0.6 is 0 Å². The van der Waals surface area contributed by atoms with Gasteiger partial charge in [0.1, 0.15) is 0 Å². The third kappa shape index (κ3) is 2.98. The Morgan fingerprint density at radius 1 is 1.33 bits per heavy atom. The lowest BCUT2D eigenvalue weighted by Crippen LogP contribution is -2.50. The highest BCUT2D eigenvalue weighted by Gasteiger charge is 2.36. The molecule has 0 aromatic rings. The number of hydrogen-bond acceptors (Lipinski definition) is 2. The molecule has 72 valence electrons. The topological polar surface area (TPSA) is 29.3 Å². The van der Waals surface area contributed by atoms with Crippen LogP contribution in [0.1, 0.15) is 6.42 Å². The van der Waals surface area contributed by atoms with Gasteiger partial charge in [0, 0.05) is 13.1 Å². The van der Waals surface area contributed by atoms with Crippen LogP contribution in [0.5, 0.6) is 0 Å². The molecule has 1 aliphatic heterocycles. The standard InChI is InChI=1S/C7H13F3N2/c8-7(9,10)5-12-3-6(4-12)1-2-11/h6H,1-5,11H2. The Hall–Kier alpha value is -0.290. The first kappa shape index (κ1) is 9.80. The van der Waals surface area contributed by atoms with Crippen molar-refractivity contribution >= 4 is 0 Å². The zero-order chi connectivity index (χ0) is 9.19. The number of hydrogen-bond donors (Lipinski definition) is 1. The van der Waals surface area contributed by atoms with Gasteiger partial charge < -0.3 is 5.73 Å². The van der Waals surface area contributed by atoms with Crippen LogP contribution in [-0.4, -0.2) is 37.3 Å². The van der Waals surface area contributed by atoms with Gasteiger partial charge in [0.2, 0.25) is 0 Å². The average Bonchev–Trinajstić information content (AvgIpc) is 1.80. The van der Waals surface area contributed by atoms with Crippen molar-refractivity contribution in [2.24, 2.45) is 11.7 Å². The van der Waals surface area contributed by atoms with E-state index < -0.39 is 12.7 Å². The molecule has 1 rings (SSSR count). The van der Waals surface area contributed by atoms with Crippen molar-refractivity contribution in [3.63, 3.8) is 0 Å². The van der Waals surface area contributed by atoms with E-state index in [0.717, 1.165) is 6.42 Å². The average molecular weight is 182 g/mol. The molecule has 0 spiro atoms. The molecule has 12 heavy (non-hydrogen) atoms. The van der Waals surface area contributed by atoms with Gasteiger partial charge in [-0.1, -0.05) is 0 Å². The molecule has 0 aromatic heterocycles. The molecule has 0 aromatic carbocycles. The summed E-state index contributed by atoms with van der Waals surface area (Å²) >= 11 is 0. The summed E-state index contributed by atoms with van der Waals surface area (Å²) in [6.45, 7) is 0.909. The van der Waals surface area contributed by atoms with Crippen molar-refractivity contribution in [3.8, 4) is 0 Å². The Balaban J connectivity index is 2.10. The molecule has 1 fully saturated rings. The number of halogens is 3. The minimum atomic E-state index is -4.05. The van der Waals surface area contributed by atoms with E-state index in [1.54, 1.807) is 0 Å². The summed E-state index contributed by atoms with van der Waals surface area (Å²) in [5.74, 6) is 0.386. The fourth-order valence-electron chi connectivity index (χ4n) is 1.48. The number of rotatable bonds is 3. The van der Waals surface area contributed by atoms with E-state index in [1.807, 2.05) is 0 Å².